The Morgan fingerprint density at radius 3 is 1.74 bits per heavy atom. The minimum absolute atomic E-state index is 0.859. The van der Waals surface area contributed by atoms with E-state index in [0.29, 0.717) is 0 Å². The van der Waals surface area contributed by atoms with Gasteiger partial charge in [-0.1, -0.05) is 133 Å². The van der Waals surface area contributed by atoms with Gasteiger partial charge in [0.25, 0.3) is 0 Å². The molecule has 0 amide bonds. The number of nitrogens with zero attached hydrogens (tertiary/aromatic N) is 2. The van der Waals surface area contributed by atoms with E-state index in [-0.39, 0.29) is 0 Å². The number of fused-ring (bicyclic) bond motifs is 9. The molecule has 12 aromatic rings. The highest BCUT2D eigenvalue weighted by Crippen LogP contribution is 2.45. The van der Waals surface area contributed by atoms with Gasteiger partial charge in [-0.05, 0) is 106 Å². The van der Waals surface area contributed by atoms with Crippen LogP contribution in [0.1, 0.15) is 0 Å². The molecule has 4 heteroatoms. The second-order valence-corrected chi connectivity index (χ2v) is 14.9. The number of hydrogen-bond acceptors (Lipinski definition) is 3. The third-order valence-corrected chi connectivity index (χ3v) is 11.6. The molecule has 12 rings (SSSR count). The molecule has 4 nitrogen and oxygen atoms in total. The predicted octanol–water partition coefficient (Wildman–Crippen LogP) is 15.4. The molecule has 0 saturated heterocycles. The van der Waals surface area contributed by atoms with Crippen LogP contribution in [0.5, 0.6) is 0 Å². The minimum atomic E-state index is 0.859. The molecule has 0 bridgehead atoms. The summed E-state index contributed by atoms with van der Waals surface area (Å²) >= 11 is 0. The zero-order valence-corrected chi connectivity index (χ0v) is 31.3. The number of hydrogen-bond donors (Lipinski definition) is 0. The molecule has 0 aliphatic heterocycles. The van der Waals surface area contributed by atoms with Crippen molar-refractivity contribution in [1.82, 2.24) is 4.57 Å². The lowest BCUT2D eigenvalue weighted by Crippen LogP contribution is -2.10. The van der Waals surface area contributed by atoms with Gasteiger partial charge in [0.1, 0.15) is 16.7 Å². The lowest BCUT2D eigenvalue weighted by molar-refractivity contribution is 0.645. The molecule has 0 radical (unpaired) electrons. The number of rotatable bonds is 6. The van der Waals surface area contributed by atoms with Crippen LogP contribution in [0.3, 0.4) is 0 Å². The summed E-state index contributed by atoms with van der Waals surface area (Å²) in [4.78, 5) is 2.35. The average Bonchev–Trinajstić information content (AvgIpc) is 3.96. The minimum Gasteiger partial charge on any atom is -0.456 e. The maximum absolute atomic E-state index is 6.55. The van der Waals surface area contributed by atoms with Crippen molar-refractivity contribution in [2.24, 2.45) is 0 Å². The Labute approximate surface area is 334 Å². The van der Waals surface area contributed by atoms with Crippen LogP contribution in [0.15, 0.2) is 215 Å². The quantitative estimate of drug-likeness (QED) is 0.170. The number of benzene rings is 9. The Balaban J connectivity index is 1.00. The van der Waals surface area contributed by atoms with E-state index >= 15 is 0 Å². The van der Waals surface area contributed by atoms with E-state index in [2.05, 4.69) is 191 Å². The highest BCUT2D eigenvalue weighted by molar-refractivity contribution is 6.20. The van der Waals surface area contributed by atoms with Gasteiger partial charge in [-0.2, -0.15) is 0 Å². The second-order valence-electron chi connectivity index (χ2n) is 14.9. The van der Waals surface area contributed by atoms with Crippen molar-refractivity contribution >= 4 is 82.7 Å². The Kier molecular flexibility index (Phi) is 7.20. The van der Waals surface area contributed by atoms with Crippen LogP contribution >= 0.6 is 0 Å². The molecule has 0 atom stereocenters. The molecule has 3 heterocycles. The topological polar surface area (TPSA) is 34.5 Å². The van der Waals surface area contributed by atoms with E-state index < -0.39 is 0 Å². The summed E-state index contributed by atoms with van der Waals surface area (Å²) in [5.74, 6) is 0. The molecule has 0 saturated carbocycles. The van der Waals surface area contributed by atoms with Crippen LogP contribution in [0.25, 0.3) is 93.6 Å². The van der Waals surface area contributed by atoms with Gasteiger partial charge in [-0.25, -0.2) is 0 Å². The van der Waals surface area contributed by atoms with Crippen LogP contribution in [0.2, 0.25) is 0 Å². The van der Waals surface area contributed by atoms with E-state index in [0.717, 1.165) is 88.8 Å². The first kappa shape index (κ1) is 32.4. The summed E-state index contributed by atoms with van der Waals surface area (Å²) in [6, 6.07) is 73.2. The first-order valence-electron chi connectivity index (χ1n) is 19.7. The van der Waals surface area contributed by atoms with Crippen molar-refractivity contribution in [3.63, 3.8) is 0 Å². The van der Waals surface area contributed by atoms with Crippen LogP contribution in [-0.4, -0.2) is 4.57 Å². The molecule has 58 heavy (non-hydrogen) atoms. The van der Waals surface area contributed by atoms with Gasteiger partial charge < -0.3 is 13.7 Å². The standard InChI is InChI=1S/C54H34N2O2/c1-2-14-39(15-3-1)56-47-33-28-38(34-46(47)52-44-17-6-9-22-50(44)58-54(52)56)35-24-29-40(30-25-35)55(48-20-11-23-51-53(48)45-18-7-8-21-49(45)57-51)41-31-26-37(27-32-41)43-19-10-13-36-12-4-5-16-42(36)43/h1-34H. The molecule has 3 aromatic heterocycles. The summed E-state index contributed by atoms with van der Waals surface area (Å²) in [6.07, 6.45) is 0. The lowest BCUT2D eigenvalue weighted by Gasteiger charge is -2.26. The van der Waals surface area contributed by atoms with Gasteiger partial charge >= 0.3 is 0 Å². The van der Waals surface area contributed by atoms with Crippen LogP contribution in [0.4, 0.5) is 17.1 Å². The zero-order chi connectivity index (χ0) is 38.2. The lowest BCUT2D eigenvalue weighted by atomic mass is 9.98. The Morgan fingerprint density at radius 1 is 0.379 bits per heavy atom. The monoisotopic (exact) mass is 742 g/mol. The van der Waals surface area contributed by atoms with Crippen molar-refractivity contribution in [3.8, 4) is 27.9 Å². The van der Waals surface area contributed by atoms with Crippen molar-refractivity contribution in [1.29, 1.82) is 0 Å². The SMILES string of the molecule is c1ccc(-n2c3ccc(-c4ccc(N(c5ccc(-c6cccc7ccccc67)cc5)c5cccc6oc7ccccc7c56)cc4)cc3c3c4ccccc4oc32)cc1. The molecule has 272 valence electrons. The van der Waals surface area contributed by atoms with E-state index in [9.17, 15) is 0 Å². The van der Waals surface area contributed by atoms with E-state index in [1.165, 1.54) is 21.9 Å². The van der Waals surface area contributed by atoms with Crippen molar-refractivity contribution in [3.05, 3.63) is 206 Å². The molecule has 0 fully saturated rings. The maximum Gasteiger partial charge on any atom is 0.213 e. The predicted molar refractivity (Wildman–Crippen MR) is 241 cm³/mol. The van der Waals surface area contributed by atoms with Crippen LogP contribution in [0, 0.1) is 0 Å². The van der Waals surface area contributed by atoms with Gasteiger partial charge in [0.15, 0.2) is 0 Å². The number of aromatic nitrogens is 1. The summed E-state index contributed by atoms with van der Waals surface area (Å²) in [6.45, 7) is 0. The molecular weight excluding hydrogens is 709 g/mol. The molecule has 0 N–H and O–H groups in total. The van der Waals surface area contributed by atoms with Crippen molar-refractivity contribution in [2.75, 3.05) is 4.90 Å². The average molecular weight is 743 g/mol. The molecule has 9 aromatic carbocycles. The Hall–Kier alpha value is -7.82. The molecule has 0 aliphatic carbocycles. The fourth-order valence-electron chi connectivity index (χ4n) is 8.94. The van der Waals surface area contributed by atoms with Gasteiger partial charge in [-0.3, -0.25) is 4.57 Å². The third kappa shape index (κ3) is 5.02. The maximum atomic E-state index is 6.55. The molecular formula is C54H34N2O2. The summed E-state index contributed by atoms with van der Waals surface area (Å²) in [7, 11) is 0. The van der Waals surface area contributed by atoms with E-state index in [1.807, 2.05) is 24.3 Å². The molecule has 0 unspecified atom stereocenters. The van der Waals surface area contributed by atoms with Gasteiger partial charge in [0.2, 0.25) is 5.71 Å². The highest BCUT2D eigenvalue weighted by Gasteiger charge is 2.22. The van der Waals surface area contributed by atoms with Crippen LogP contribution < -0.4 is 4.90 Å². The number of furan rings is 2. The Morgan fingerprint density at radius 2 is 0.966 bits per heavy atom. The highest BCUT2D eigenvalue weighted by atomic mass is 16.3. The normalized spacial score (nSPS) is 11.8. The fourth-order valence-corrected chi connectivity index (χ4v) is 8.94. The number of anilines is 3. The summed E-state index contributed by atoms with van der Waals surface area (Å²) in [5.41, 5.74) is 13.5. The first-order chi connectivity index (χ1) is 28.8. The fraction of sp³-hybridized carbons (Fsp3) is 0. The number of para-hydroxylation sites is 3. The smallest absolute Gasteiger partial charge is 0.213 e. The van der Waals surface area contributed by atoms with E-state index in [4.69, 9.17) is 8.83 Å². The van der Waals surface area contributed by atoms with Gasteiger partial charge in [0, 0.05) is 33.2 Å². The van der Waals surface area contributed by atoms with E-state index in [1.54, 1.807) is 0 Å². The third-order valence-electron chi connectivity index (χ3n) is 11.6. The second kappa shape index (κ2) is 12.9. The van der Waals surface area contributed by atoms with Crippen LogP contribution in [-0.2, 0) is 0 Å². The summed E-state index contributed by atoms with van der Waals surface area (Å²) < 4.78 is 15.2. The Bertz CT molecular complexity index is 3490. The zero-order valence-electron chi connectivity index (χ0n) is 31.3. The van der Waals surface area contributed by atoms with Crippen molar-refractivity contribution in [2.45, 2.75) is 0 Å². The van der Waals surface area contributed by atoms with Crippen molar-refractivity contribution < 1.29 is 8.83 Å². The first-order valence-corrected chi connectivity index (χ1v) is 19.7. The largest absolute Gasteiger partial charge is 0.456 e. The molecule has 0 spiro atoms. The molecule has 0 aliphatic rings. The van der Waals surface area contributed by atoms with Gasteiger partial charge in [0.05, 0.1) is 22.0 Å². The summed E-state index contributed by atoms with van der Waals surface area (Å²) in [5, 5.41) is 8.08. The van der Waals surface area contributed by atoms with Gasteiger partial charge in [-0.15, -0.1) is 0 Å².